The van der Waals surface area contributed by atoms with Crippen LogP contribution in [0.15, 0.2) is 34.2 Å². The van der Waals surface area contributed by atoms with E-state index in [2.05, 4.69) is 44.6 Å². The SMILES string of the molecule is CCNC(Cc1cc(Br)cs1)c1ccc(F)cn1. The number of rotatable bonds is 5. The minimum absolute atomic E-state index is 0.126. The van der Waals surface area contributed by atoms with E-state index in [4.69, 9.17) is 0 Å². The monoisotopic (exact) mass is 328 g/mol. The number of likely N-dealkylation sites (N-methyl/N-ethyl adjacent to an activating group) is 1. The molecule has 2 nitrogen and oxygen atoms in total. The fraction of sp³-hybridized carbons (Fsp3) is 0.308. The number of thiophene rings is 1. The van der Waals surface area contributed by atoms with Crippen LogP contribution in [-0.2, 0) is 6.42 Å². The molecule has 0 radical (unpaired) electrons. The maximum absolute atomic E-state index is 12.9. The molecule has 96 valence electrons. The second-order valence-corrected chi connectivity index (χ2v) is 5.86. The van der Waals surface area contributed by atoms with Gasteiger partial charge in [-0.15, -0.1) is 11.3 Å². The van der Waals surface area contributed by atoms with Gasteiger partial charge in [-0.05, 0) is 40.7 Å². The molecule has 1 N–H and O–H groups in total. The number of pyridine rings is 1. The normalized spacial score (nSPS) is 12.6. The third kappa shape index (κ3) is 3.60. The molecule has 0 aromatic carbocycles. The smallest absolute Gasteiger partial charge is 0.141 e. The lowest BCUT2D eigenvalue weighted by Crippen LogP contribution is -2.23. The molecular weight excluding hydrogens is 315 g/mol. The Morgan fingerprint density at radius 3 is 2.89 bits per heavy atom. The Kier molecular flexibility index (Phi) is 4.86. The number of halogens is 2. The molecular formula is C13H14BrFN2S. The molecule has 1 atom stereocenters. The van der Waals surface area contributed by atoms with Gasteiger partial charge in [0, 0.05) is 21.2 Å². The van der Waals surface area contributed by atoms with Gasteiger partial charge < -0.3 is 5.32 Å². The van der Waals surface area contributed by atoms with Crippen molar-refractivity contribution in [2.45, 2.75) is 19.4 Å². The summed E-state index contributed by atoms with van der Waals surface area (Å²) in [6, 6.07) is 5.43. The number of hydrogen-bond acceptors (Lipinski definition) is 3. The maximum Gasteiger partial charge on any atom is 0.141 e. The molecule has 0 aliphatic rings. The molecule has 0 aliphatic carbocycles. The molecule has 18 heavy (non-hydrogen) atoms. The van der Waals surface area contributed by atoms with Gasteiger partial charge in [-0.1, -0.05) is 6.92 Å². The Morgan fingerprint density at radius 2 is 2.33 bits per heavy atom. The number of aromatic nitrogens is 1. The highest BCUT2D eigenvalue weighted by Crippen LogP contribution is 2.25. The summed E-state index contributed by atoms with van der Waals surface area (Å²) in [5.74, 6) is -0.298. The van der Waals surface area contributed by atoms with Crippen LogP contribution in [0.1, 0.15) is 23.5 Å². The molecule has 0 amide bonds. The first-order chi connectivity index (χ1) is 8.69. The van der Waals surface area contributed by atoms with Crippen LogP contribution in [0, 0.1) is 5.82 Å². The van der Waals surface area contributed by atoms with Crippen LogP contribution >= 0.6 is 27.3 Å². The molecule has 5 heteroatoms. The zero-order valence-electron chi connectivity index (χ0n) is 9.99. The Labute approximate surface area is 118 Å². The van der Waals surface area contributed by atoms with Gasteiger partial charge in [0.1, 0.15) is 5.82 Å². The lowest BCUT2D eigenvalue weighted by Gasteiger charge is -2.16. The van der Waals surface area contributed by atoms with E-state index >= 15 is 0 Å². The summed E-state index contributed by atoms with van der Waals surface area (Å²) < 4.78 is 14.0. The van der Waals surface area contributed by atoms with Crippen molar-refractivity contribution in [3.8, 4) is 0 Å². The Hall–Kier alpha value is -0.780. The first-order valence-electron chi connectivity index (χ1n) is 5.76. The minimum Gasteiger partial charge on any atom is -0.309 e. The first kappa shape index (κ1) is 13.6. The lowest BCUT2D eigenvalue weighted by atomic mass is 10.1. The van der Waals surface area contributed by atoms with E-state index in [-0.39, 0.29) is 11.9 Å². The van der Waals surface area contributed by atoms with Gasteiger partial charge in [0.2, 0.25) is 0 Å². The third-order valence-electron chi connectivity index (χ3n) is 2.58. The van der Waals surface area contributed by atoms with Crippen molar-refractivity contribution in [1.29, 1.82) is 0 Å². The molecule has 0 saturated heterocycles. The number of nitrogens with one attached hydrogen (secondary N) is 1. The van der Waals surface area contributed by atoms with Gasteiger partial charge in [0.15, 0.2) is 0 Å². The fourth-order valence-electron chi connectivity index (χ4n) is 1.78. The zero-order valence-corrected chi connectivity index (χ0v) is 12.4. The second-order valence-electron chi connectivity index (χ2n) is 3.95. The molecule has 0 saturated carbocycles. The van der Waals surface area contributed by atoms with E-state index in [1.807, 2.05) is 0 Å². The van der Waals surface area contributed by atoms with Crippen molar-refractivity contribution in [2.24, 2.45) is 0 Å². The standard InChI is InChI=1S/C13H14BrFN2S/c1-2-16-13(6-11-5-9(14)8-18-11)12-4-3-10(15)7-17-12/h3-5,7-8,13,16H,2,6H2,1H3. The lowest BCUT2D eigenvalue weighted by molar-refractivity contribution is 0.535. The van der Waals surface area contributed by atoms with Crippen LogP contribution in [0.25, 0.3) is 0 Å². The summed E-state index contributed by atoms with van der Waals surface area (Å²) in [6.07, 6.45) is 2.13. The van der Waals surface area contributed by atoms with Gasteiger partial charge in [0.25, 0.3) is 0 Å². The highest BCUT2D eigenvalue weighted by atomic mass is 79.9. The van der Waals surface area contributed by atoms with Crippen molar-refractivity contribution in [3.63, 3.8) is 0 Å². The Bertz CT molecular complexity index is 498. The van der Waals surface area contributed by atoms with Crippen molar-refractivity contribution in [1.82, 2.24) is 10.3 Å². The second kappa shape index (κ2) is 6.41. The van der Waals surface area contributed by atoms with Crippen LogP contribution in [0.3, 0.4) is 0 Å². The summed E-state index contributed by atoms with van der Waals surface area (Å²) in [5.41, 5.74) is 0.878. The van der Waals surface area contributed by atoms with Crippen molar-refractivity contribution in [2.75, 3.05) is 6.54 Å². The summed E-state index contributed by atoms with van der Waals surface area (Å²) >= 11 is 5.16. The molecule has 1 unspecified atom stereocenters. The zero-order chi connectivity index (χ0) is 13.0. The highest BCUT2D eigenvalue weighted by Gasteiger charge is 2.13. The van der Waals surface area contributed by atoms with Gasteiger partial charge in [-0.25, -0.2) is 4.39 Å². The van der Waals surface area contributed by atoms with E-state index in [1.54, 1.807) is 17.4 Å². The van der Waals surface area contributed by atoms with Gasteiger partial charge in [0.05, 0.1) is 17.9 Å². The Morgan fingerprint density at radius 1 is 1.50 bits per heavy atom. The molecule has 2 heterocycles. The molecule has 2 rings (SSSR count). The predicted molar refractivity (Wildman–Crippen MR) is 76.3 cm³/mol. The Balaban J connectivity index is 2.14. The van der Waals surface area contributed by atoms with E-state index < -0.39 is 0 Å². The molecule has 0 fully saturated rings. The van der Waals surface area contributed by atoms with E-state index in [1.165, 1.54) is 17.1 Å². The quantitative estimate of drug-likeness (QED) is 0.899. The van der Waals surface area contributed by atoms with Gasteiger partial charge in [-0.2, -0.15) is 0 Å². The van der Waals surface area contributed by atoms with Gasteiger partial charge >= 0.3 is 0 Å². The van der Waals surface area contributed by atoms with Crippen LogP contribution in [0.4, 0.5) is 4.39 Å². The maximum atomic E-state index is 12.9. The van der Waals surface area contributed by atoms with Crippen LogP contribution in [0.5, 0.6) is 0 Å². The van der Waals surface area contributed by atoms with E-state index in [0.717, 1.165) is 23.1 Å². The largest absolute Gasteiger partial charge is 0.309 e. The molecule has 2 aromatic heterocycles. The van der Waals surface area contributed by atoms with Crippen LogP contribution in [-0.4, -0.2) is 11.5 Å². The highest BCUT2D eigenvalue weighted by molar-refractivity contribution is 9.10. The number of hydrogen-bond donors (Lipinski definition) is 1. The molecule has 0 spiro atoms. The average molecular weight is 329 g/mol. The predicted octanol–water partition coefficient (Wildman–Crippen LogP) is 3.94. The third-order valence-corrected chi connectivity index (χ3v) is 4.30. The van der Waals surface area contributed by atoms with Gasteiger partial charge in [-0.3, -0.25) is 4.98 Å². The summed E-state index contributed by atoms with van der Waals surface area (Å²) in [5, 5.41) is 5.45. The molecule has 2 aromatic rings. The van der Waals surface area contributed by atoms with Crippen LogP contribution < -0.4 is 5.32 Å². The summed E-state index contributed by atoms with van der Waals surface area (Å²) in [7, 11) is 0. The minimum atomic E-state index is -0.298. The number of nitrogens with zero attached hydrogens (tertiary/aromatic N) is 1. The van der Waals surface area contributed by atoms with Crippen molar-refractivity contribution < 1.29 is 4.39 Å². The average Bonchev–Trinajstić information content (AvgIpc) is 2.75. The molecule has 0 aliphatic heterocycles. The first-order valence-corrected chi connectivity index (χ1v) is 7.44. The van der Waals surface area contributed by atoms with Crippen LogP contribution in [0.2, 0.25) is 0 Å². The topological polar surface area (TPSA) is 24.9 Å². The van der Waals surface area contributed by atoms with Crippen molar-refractivity contribution >= 4 is 27.3 Å². The van der Waals surface area contributed by atoms with E-state index in [0.29, 0.717) is 0 Å². The summed E-state index contributed by atoms with van der Waals surface area (Å²) in [4.78, 5) is 5.43. The van der Waals surface area contributed by atoms with Crippen molar-refractivity contribution in [3.05, 3.63) is 50.6 Å². The molecule has 0 bridgehead atoms. The fourth-order valence-corrected chi connectivity index (χ4v) is 3.28. The van der Waals surface area contributed by atoms with E-state index in [9.17, 15) is 4.39 Å². The summed E-state index contributed by atoms with van der Waals surface area (Å²) in [6.45, 7) is 2.91.